The van der Waals surface area contributed by atoms with E-state index in [2.05, 4.69) is 20.0 Å². The molecule has 1 N–H and O–H groups in total. The van der Waals surface area contributed by atoms with Gasteiger partial charge in [-0.15, -0.1) is 24.5 Å². The summed E-state index contributed by atoms with van der Waals surface area (Å²) in [5.41, 5.74) is -0.120. The van der Waals surface area contributed by atoms with Crippen molar-refractivity contribution in [2.24, 2.45) is 14.1 Å². The van der Waals surface area contributed by atoms with E-state index < -0.39 is 35.1 Å². The second-order valence-corrected chi connectivity index (χ2v) is 8.21. The number of benzene rings is 1. The van der Waals surface area contributed by atoms with E-state index in [1.165, 1.54) is 42.5 Å². The molecule has 14 heteroatoms. The van der Waals surface area contributed by atoms with E-state index in [9.17, 15) is 31.9 Å². The molecule has 0 aliphatic rings. The second-order valence-electron chi connectivity index (χ2n) is 7.35. The zero-order valence-electron chi connectivity index (χ0n) is 18.0. The number of fused-ring (bicyclic) bond motifs is 1. The third kappa shape index (κ3) is 4.91. The van der Waals surface area contributed by atoms with Crippen molar-refractivity contribution < 1.29 is 27.1 Å². The number of pyridine rings is 1. The lowest BCUT2D eigenvalue weighted by molar-refractivity contribution is -0.275. The van der Waals surface area contributed by atoms with Gasteiger partial charge in [-0.3, -0.25) is 23.7 Å². The summed E-state index contributed by atoms with van der Waals surface area (Å²) in [6, 6.07) is 2.87. The maximum atomic E-state index is 14.0. The zero-order chi connectivity index (χ0) is 25.5. The first-order valence-corrected chi connectivity index (χ1v) is 10.7. The number of amides is 1. The summed E-state index contributed by atoms with van der Waals surface area (Å²) >= 11 is 1.01. The van der Waals surface area contributed by atoms with Crippen LogP contribution in [0.3, 0.4) is 0 Å². The minimum Gasteiger partial charge on any atom is -0.403 e. The Labute approximate surface area is 197 Å². The van der Waals surface area contributed by atoms with Crippen molar-refractivity contribution >= 4 is 33.3 Å². The van der Waals surface area contributed by atoms with Crippen LogP contribution in [0.5, 0.6) is 5.75 Å². The molecule has 3 heterocycles. The fourth-order valence-corrected chi connectivity index (χ4v) is 4.11. The lowest BCUT2D eigenvalue weighted by atomic mass is 10.1. The fourth-order valence-electron chi connectivity index (χ4n) is 3.38. The molecule has 3 aromatic heterocycles. The quantitative estimate of drug-likeness (QED) is 0.415. The van der Waals surface area contributed by atoms with Crippen molar-refractivity contribution in [3.63, 3.8) is 0 Å². The zero-order valence-corrected chi connectivity index (χ0v) is 18.8. The smallest absolute Gasteiger partial charge is 0.403 e. The number of halogens is 4. The topological polar surface area (TPSA) is 108 Å². The Morgan fingerprint density at radius 1 is 1.17 bits per heavy atom. The van der Waals surface area contributed by atoms with Crippen LogP contribution in [0.4, 0.5) is 22.7 Å². The molecular formula is C21H15F4N5O4S. The lowest BCUT2D eigenvalue weighted by Crippen LogP contribution is -2.37. The number of carbonyl (C=O) groups is 1. The number of ether oxygens (including phenoxy) is 1. The van der Waals surface area contributed by atoms with Gasteiger partial charge in [0.2, 0.25) is 5.91 Å². The minimum atomic E-state index is -5.03. The van der Waals surface area contributed by atoms with Gasteiger partial charge in [0, 0.05) is 31.2 Å². The van der Waals surface area contributed by atoms with Crippen molar-refractivity contribution in [2.45, 2.75) is 12.8 Å². The molecule has 9 nitrogen and oxygen atoms in total. The van der Waals surface area contributed by atoms with Crippen LogP contribution in [-0.4, -0.2) is 31.4 Å². The molecule has 0 atom stereocenters. The number of carbonyl (C=O) groups excluding carboxylic acids is 1. The number of hydrogen-bond acceptors (Lipinski definition) is 7. The number of aryl methyl sites for hydroxylation is 1. The number of thiazole rings is 1. The number of alkyl halides is 3. The van der Waals surface area contributed by atoms with Crippen LogP contribution in [0.15, 0.2) is 45.6 Å². The first-order chi connectivity index (χ1) is 16.4. The van der Waals surface area contributed by atoms with Crippen LogP contribution < -0.4 is 21.3 Å². The van der Waals surface area contributed by atoms with Crippen LogP contribution in [0, 0.1) is 5.82 Å². The summed E-state index contributed by atoms with van der Waals surface area (Å²) in [6.07, 6.45) is -2.56. The summed E-state index contributed by atoms with van der Waals surface area (Å²) in [4.78, 5) is 45.5. The molecule has 0 aliphatic heterocycles. The number of nitrogens with zero attached hydrogens (tertiary/aromatic N) is 4. The molecule has 0 fully saturated rings. The number of aromatic nitrogens is 4. The Morgan fingerprint density at radius 3 is 2.60 bits per heavy atom. The highest BCUT2D eigenvalue weighted by Gasteiger charge is 2.32. The predicted octanol–water partition coefficient (Wildman–Crippen LogP) is 2.97. The molecule has 1 amide bonds. The molecule has 0 aliphatic carbocycles. The van der Waals surface area contributed by atoms with Gasteiger partial charge >= 0.3 is 12.1 Å². The van der Waals surface area contributed by atoms with E-state index in [0.717, 1.165) is 28.0 Å². The molecule has 4 aromatic rings. The van der Waals surface area contributed by atoms with Gasteiger partial charge in [0.25, 0.3) is 5.56 Å². The van der Waals surface area contributed by atoms with E-state index in [-0.39, 0.29) is 33.7 Å². The Hall–Kier alpha value is -4.07. The fraction of sp³-hybridized carbons (Fsp3) is 0.190. The maximum Gasteiger partial charge on any atom is 0.573 e. The highest BCUT2D eigenvalue weighted by Crippen LogP contribution is 2.31. The molecule has 4 rings (SSSR count). The van der Waals surface area contributed by atoms with Crippen LogP contribution in [0.1, 0.15) is 5.56 Å². The molecule has 0 unspecified atom stereocenters. The number of rotatable bonds is 5. The molecule has 1 aromatic carbocycles. The molecular weight excluding hydrogens is 494 g/mol. The molecule has 0 radical (unpaired) electrons. The first kappa shape index (κ1) is 24.1. The van der Waals surface area contributed by atoms with Crippen LogP contribution in [-0.2, 0) is 25.3 Å². The predicted molar refractivity (Wildman–Crippen MR) is 119 cm³/mol. The van der Waals surface area contributed by atoms with Gasteiger partial charge in [0.15, 0.2) is 16.7 Å². The molecule has 0 spiro atoms. The van der Waals surface area contributed by atoms with Crippen molar-refractivity contribution in [2.75, 3.05) is 5.32 Å². The SMILES string of the molecule is Cn1c(=O)c2c(CC(=O)Nc3nc(-c4ccc(OC(F)(F)F)c(F)c4)cs3)cncc2n(C)c1=O. The van der Waals surface area contributed by atoms with E-state index in [1.54, 1.807) is 0 Å². The van der Waals surface area contributed by atoms with Crippen molar-refractivity contribution in [3.8, 4) is 17.0 Å². The van der Waals surface area contributed by atoms with Crippen molar-refractivity contribution in [1.82, 2.24) is 19.1 Å². The summed E-state index contributed by atoms with van der Waals surface area (Å²) in [7, 11) is 2.81. The average molecular weight is 509 g/mol. The van der Waals surface area contributed by atoms with E-state index in [1.807, 2.05) is 0 Å². The molecule has 0 bridgehead atoms. The van der Waals surface area contributed by atoms with Gasteiger partial charge in [0.05, 0.1) is 29.2 Å². The molecule has 0 saturated carbocycles. The van der Waals surface area contributed by atoms with Crippen LogP contribution >= 0.6 is 11.3 Å². The third-order valence-corrected chi connectivity index (χ3v) is 5.77. The van der Waals surface area contributed by atoms with Gasteiger partial charge in [-0.05, 0) is 23.8 Å². The van der Waals surface area contributed by atoms with Crippen LogP contribution in [0.2, 0.25) is 0 Å². The number of hydrogen-bond donors (Lipinski definition) is 1. The molecule has 35 heavy (non-hydrogen) atoms. The van der Waals surface area contributed by atoms with Crippen molar-refractivity contribution in [1.29, 1.82) is 0 Å². The monoisotopic (exact) mass is 509 g/mol. The minimum absolute atomic E-state index is 0.148. The molecule has 182 valence electrons. The normalized spacial score (nSPS) is 11.6. The van der Waals surface area contributed by atoms with Crippen LogP contribution in [0.25, 0.3) is 22.2 Å². The summed E-state index contributed by atoms with van der Waals surface area (Å²) in [6.45, 7) is 0. The van der Waals surface area contributed by atoms with Gasteiger partial charge in [-0.1, -0.05) is 0 Å². The number of anilines is 1. The van der Waals surface area contributed by atoms with Gasteiger partial charge < -0.3 is 10.1 Å². The maximum absolute atomic E-state index is 14.0. The lowest BCUT2D eigenvalue weighted by Gasteiger charge is -2.10. The van der Waals surface area contributed by atoms with Gasteiger partial charge in [-0.2, -0.15) is 0 Å². The van der Waals surface area contributed by atoms with E-state index in [0.29, 0.717) is 5.56 Å². The molecule has 0 saturated heterocycles. The highest BCUT2D eigenvalue weighted by molar-refractivity contribution is 7.14. The average Bonchev–Trinajstić information content (AvgIpc) is 3.24. The summed E-state index contributed by atoms with van der Waals surface area (Å²) < 4.78 is 56.7. The standard InChI is InChI=1S/C21H15F4N5O4S/c1-29-14-8-26-7-11(17(14)18(32)30(2)20(29)33)6-16(31)28-19-27-13(9-35-19)10-3-4-15(12(22)5-10)34-21(23,24)25/h3-5,7-9H,6H2,1-2H3,(H,27,28,31). The second kappa shape index (κ2) is 8.94. The third-order valence-electron chi connectivity index (χ3n) is 5.01. The Morgan fingerprint density at radius 2 is 1.91 bits per heavy atom. The summed E-state index contributed by atoms with van der Waals surface area (Å²) in [5.74, 6) is -2.73. The Balaban J connectivity index is 1.54. The highest BCUT2D eigenvalue weighted by atomic mass is 32.1. The largest absolute Gasteiger partial charge is 0.573 e. The number of nitrogens with one attached hydrogen (secondary N) is 1. The summed E-state index contributed by atoms with van der Waals surface area (Å²) in [5, 5.41) is 4.37. The van der Waals surface area contributed by atoms with Gasteiger partial charge in [-0.25, -0.2) is 14.2 Å². The van der Waals surface area contributed by atoms with E-state index >= 15 is 0 Å². The van der Waals surface area contributed by atoms with Crippen molar-refractivity contribution in [3.05, 3.63) is 68.2 Å². The van der Waals surface area contributed by atoms with Gasteiger partial charge in [0.1, 0.15) is 0 Å². The Bertz CT molecular complexity index is 1570. The first-order valence-electron chi connectivity index (χ1n) is 9.78. The van der Waals surface area contributed by atoms with E-state index in [4.69, 9.17) is 0 Å². The Kier molecular flexibility index (Phi) is 6.15.